The predicted molar refractivity (Wildman–Crippen MR) is 126 cm³/mol. The number of rotatable bonds is 7. The van der Waals surface area contributed by atoms with Gasteiger partial charge in [-0.3, -0.25) is 9.10 Å². The van der Waals surface area contributed by atoms with E-state index in [-0.39, 0.29) is 18.1 Å². The fourth-order valence-electron chi connectivity index (χ4n) is 3.67. The number of sulfonamides is 1. The first kappa shape index (κ1) is 21.5. The number of fused-ring (bicyclic) bond motifs is 1. The van der Waals surface area contributed by atoms with Gasteiger partial charge in [0.05, 0.1) is 23.6 Å². The lowest BCUT2D eigenvalue weighted by Gasteiger charge is -2.18. The molecule has 1 amide bonds. The number of hydrogen-bond acceptors (Lipinski definition) is 5. The molecule has 2 aromatic carbocycles. The Labute approximate surface area is 187 Å². The number of carbonyl (C=O) groups is 1. The molecular formula is C23H25N3O3S2. The van der Waals surface area contributed by atoms with Crippen molar-refractivity contribution in [1.29, 1.82) is 0 Å². The van der Waals surface area contributed by atoms with Crippen LogP contribution in [0.4, 0.5) is 11.4 Å². The molecule has 0 unspecified atom stereocenters. The van der Waals surface area contributed by atoms with Gasteiger partial charge in [-0.05, 0) is 55.2 Å². The topological polar surface area (TPSA) is 79.4 Å². The molecule has 2 heterocycles. The number of hydrogen-bond donors (Lipinski definition) is 1. The lowest BCUT2D eigenvalue weighted by Crippen LogP contribution is -2.30. The van der Waals surface area contributed by atoms with Crippen molar-refractivity contribution in [1.82, 2.24) is 4.98 Å². The van der Waals surface area contributed by atoms with Crippen molar-refractivity contribution in [2.75, 3.05) is 21.9 Å². The third-order valence-electron chi connectivity index (χ3n) is 5.44. The van der Waals surface area contributed by atoms with Gasteiger partial charge >= 0.3 is 0 Å². The van der Waals surface area contributed by atoms with Crippen molar-refractivity contribution in [3.63, 3.8) is 0 Å². The van der Waals surface area contributed by atoms with E-state index in [0.717, 1.165) is 39.6 Å². The van der Waals surface area contributed by atoms with E-state index >= 15 is 0 Å². The maximum absolute atomic E-state index is 12.4. The Hall–Kier alpha value is -2.71. The van der Waals surface area contributed by atoms with Gasteiger partial charge in [0.25, 0.3) is 0 Å². The van der Waals surface area contributed by atoms with Gasteiger partial charge in [0.2, 0.25) is 15.9 Å². The molecule has 8 heteroatoms. The van der Waals surface area contributed by atoms with Crippen LogP contribution in [0.3, 0.4) is 0 Å². The van der Waals surface area contributed by atoms with Crippen molar-refractivity contribution >= 4 is 38.6 Å². The average molecular weight is 456 g/mol. The van der Waals surface area contributed by atoms with Crippen molar-refractivity contribution in [2.24, 2.45) is 0 Å². The Kier molecular flexibility index (Phi) is 6.11. The standard InChI is InChI=1S/C23H25N3O3S2/c1-3-16-5-8-19(9-6-16)24-22(27)14-23-25-20(15-30-23)17-7-10-21-18(13-17)11-12-26(21)31(28,29)4-2/h5-10,13,15H,3-4,11-12,14H2,1-2H3,(H,24,27). The third-order valence-corrected chi connectivity index (χ3v) is 8.07. The number of amides is 1. The zero-order chi connectivity index (χ0) is 22.0. The summed E-state index contributed by atoms with van der Waals surface area (Å²) in [7, 11) is -3.25. The van der Waals surface area contributed by atoms with Gasteiger partial charge < -0.3 is 5.32 Å². The first-order chi connectivity index (χ1) is 14.9. The Bertz CT molecular complexity index is 1200. The molecule has 0 spiro atoms. The molecule has 3 aromatic rings. The Balaban J connectivity index is 1.45. The summed E-state index contributed by atoms with van der Waals surface area (Å²) >= 11 is 1.45. The Morgan fingerprint density at radius 3 is 2.65 bits per heavy atom. The predicted octanol–water partition coefficient (Wildman–Crippen LogP) is 4.27. The van der Waals surface area contributed by atoms with Crippen LogP contribution in [-0.2, 0) is 34.1 Å². The number of nitrogens with zero attached hydrogens (tertiary/aromatic N) is 2. The Morgan fingerprint density at radius 2 is 1.94 bits per heavy atom. The molecule has 0 bridgehead atoms. The van der Waals surface area contributed by atoms with Gasteiger partial charge in [-0.25, -0.2) is 13.4 Å². The first-order valence-electron chi connectivity index (χ1n) is 10.4. The van der Waals surface area contributed by atoms with E-state index < -0.39 is 10.0 Å². The molecule has 1 aromatic heterocycles. The van der Waals surface area contributed by atoms with E-state index in [1.807, 2.05) is 47.8 Å². The van der Waals surface area contributed by atoms with Gasteiger partial charge in [-0.1, -0.05) is 25.1 Å². The van der Waals surface area contributed by atoms with Crippen LogP contribution in [0, 0.1) is 0 Å². The van der Waals surface area contributed by atoms with E-state index in [4.69, 9.17) is 0 Å². The molecule has 0 radical (unpaired) electrons. The second-order valence-electron chi connectivity index (χ2n) is 7.47. The summed E-state index contributed by atoms with van der Waals surface area (Å²) in [5.41, 5.74) is 5.52. The normalized spacial score (nSPS) is 13.3. The van der Waals surface area contributed by atoms with Crippen LogP contribution >= 0.6 is 11.3 Å². The van der Waals surface area contributed by atoms with Crippen LogP contribution in [0.15, 0.2) is 47.8 Å². The number of benzene rings is 2. The molecule has 1 aliphatic heterocycles. The van der Waals surface area contributed by atoms with Crippen molar-refractivity contribution < 1.29 is 13.2 Å². The highest BCUT2D eigenvalue weighted by molar-refractivity contribution is 7.92. The number of carbonyl (C=O) groups excluding carboxylic acids is 1. The number of thiazole rings is 1. The highest BCUT2D eigenvalue weighted by Gasteiger charge is 2.28. The van der Waals surface area contributed by atoms with Crippen LogP contribution in [0.2, 0.25) is 0 Å². The smallest absolute Gasteiger partial charge is 0.234 e. The molecule has 31 heavy (non-hydrogen) atoms. The molecule has 4 rings (SSSR count). The fraction of sp³-hybridized carbons (Fsp3) is 0.304. The number of anilines is 2. The minimum Gasteiger partial charge on any atom is -0.326 e. The zero-order valence-electron chi connectivity index (χ0n) is 17.6. The maximum atomic E-state index is 12.4. The van der Waals surface area contributed by atoms with E-state index in [1.165, 1.54) is 21.2 Å². The molecule has 6 nitrogen and oxygen atoms in total. The highest BCUT2D eigenvalue weighted by atomic mass is 32.2. The van der Waals surface area contributed by atoms with Crippen molar-refractivity contribution in [3.8, 4) is 11.3 Å². The van der Waals surface area contributed by atoms with Gasteiger partial charge in [-0.2, -0.15) is 0 Å². The quantitative estimate of drug-likeness (QED) is 0.577. The summed E-state index contributed by atoms with van der Waals surface area (Å²) < 4.78 is 26.0. The molecule has 0 atom stereocenters. The average Bonchev–Trinajstić information content (AvgIpc) is 3.41. The zero-order valence-corrected chi connectivity index (χ0v) is 19.2. The summed E-state index contributed by atoms with van der Waals surface area (Å²) in [5.74, 6) is -0.00595. The molecular weight excluding hydrogens is 430 g/mol. The fourth-order valence-corrected chi connectivity index (χ4v) is 5.63. The lowest BCUT2D eigenvalue weighted by atomic mass is 10.1. The molecule has 0 fully saturated rings. The van der Waals surface area contributed by atoms with Crippen LogP contribution < -0.4 is 9.62 Å². The number of aryl methyl sites for hydroxylation is 1. The monoisotopic (exact) mass is 455 g/mol. The van der Waals surface area contributed by atoms with Crippen LogP contribution in [0.25, 0.3) is 11.3 Å². The lowest BCUT2D eigenvalue weighted by molar-refractivity contribution is -0.115. The van der Waals surface area contributed by atoms with E-state index in [2.05, 4.69) is 17.2 Å². The van der Waals surface area contributed by atoms with Gasteiger partial charge in [0.1, 0.15) is 5.01 Å². The Morgan fingerprint density at radius 1 is 1.16 bits per heavy atom. The molecule has 1 aliphatic rings. The molecule has 0 aliphatic carbocycles. The van der Waals surface area contributed by atoms with E-state index in [1.54, 1.807) is 6.92 Å². The summed E-state index contributed by atoms with van der Waals surface area (Å²) in [6, 6.07) is 13.6. The van der Waals surface area contributed by atoms with E-state index in [0.29, 0.717) is 13.0 Å². The number of aromatic nitrogens is 1. The van der Waals surface area contributed by atoms with Crippen LogP contribution in [0.1, 0.15) is 30.0 Å². The third kappa shape index (κ3) is 4.65. The molecule has 1 N–H and O–H groups in total. The summed E-state index contributed by atoms with van der Waals surface area (Å²) in [6.07, 6.45) is 1.87. The van der Waals surface area contributed by atoms with Crippen LogP contribution in [0.5, 0.6) is 0 Å². The van der Waals surface area contributed by atoms with E-state index in [9.17, 15) is 13.2 Å². The summed E-state index contributed by atoms with van der Waals surface area (Å²) in [5, 5.41) is 5.60. The van der Waals surface area contributed by atoms with Crippen molar-refractivity contribution in [2.45, 2.75) is 33.1 Å². The second-order valence-corrected chi connectivity index (χ2v) is 10.6. The SMILES string of the molecule is CCc1ccc(NC(=O)Cc2nc(-c3ccc4c(c3)CCN4S(=O)(=O)CC)cs2)cc1. The summed E-state index contributed by atoms with van der Waals surface area (Å²) in [6.45, 7) is 4.24. The van der Waals surface area contributed by atoms with Gasteiger partial charge in [-0.15, -0.1) is 11.3 Å². The molecule has 162 valence electrons. The largest absolute Gasteiger partial charge is 0.326 e. The highest BCUT2D eigenvalue weighted by Crippen LogP contribution is 2.34. The molecule has 0 saturated carbocycles. The molecule has 0 saturated heterocycles. The maximum Gasteiger partial charge on any atom is 0.234 e. The van der Waals surface area contributed by atoms with Gasteiger partial charge in [0, 0.05) is 23.2 Å². The van der Waals surface area contributed by atoms with Crippen LogP contribution in [-0.4, -0.2) is 31.6 Å². The minimum atomic E-state index is -3.25. The second kappa shape index (κ2) is 8.80. The first-order valence-corrected chi connectivity index (χ1v) is 12.9. The van der Waals surface area contributed by atoms with Crippen molar-refractivity contribution in [3.05, 3.63) is 64.0 Å². The minimum absolute atomic E-state index is 0.0917. The van der Waals surface area contributed by atoms with Gasteiger partial charge in [0.15, 0.2) is 0 Å². The summed E-state index contributed by atoms with van der Waals surface area (Å²) in [4.78, 5) is 17.0. The number of nitrogens with one attached hydrogen (secondary N) is 1.